The molecule has 0 bridgehead atoms. The topological polar surface area (TPSA) is 75.4 Å². The first kappa shape index (κ1) is 25.5. The molecule has 0 saturated carbocycles. The fraction of sp³-hybridized carbons (Fsp3) is 0.393. The van der Waals surface area contributed by atoms with Crippen molar-refractivity contribution in [3.8, 4) is 11.1 Å². The number of amides is 2. The Hall–Kier alpha value is -3.55. The molecular formula is C28H31F2N3O3. The van der Waals surface area contributed by atoms with Gasteiger partial charge in [0.2, 0.25) is 11.8 Å². The van der Waals surface area contributed by atoms with Crippen LogP contribution in [0.5, 0.6) is 0 Å². The van der Waals surface area contributed by atoms with Gasteiger partial charge in [0, 0.05) is 12.6 Å². The number of likely N-dealkylation sites (tertiary alicyclic amines) is 1. The van der Waals surface area contributed by atoms with Crippen LogP contribution in [0.25, 0.3) is 11.1 Å². The van der Waals surface area contributed by atoms with Crippen LogP contribution in [-0.4, -0.2) is 34.5 Å². The standard InChI is InChI=1S/C28H31F2N3O3/c1-16(2)25(24-15-17(3)32-36-24)28(35)33-14-6-9-23(33)27(34)31-18(4)19-10-12-20(13-11-19)26-21(29)7-5-8-22(26)30/h5,7-8,10-13,15-16,18,23,25H,6,9,14H2,1-4H3,(H,31,34). The van der Waals surface area contributed by atoms with Crippen molar-refractivity contribution in [3.05, 3.63) is 77.2 Å². The zero-order valence-electron chi connectivity index (χ0n) is 20.9. The summed E-state index contributed by atoms with van der Waals surface area (Å²) in [7, 11) is 0. The van der Waals surface area contributed by atoms with Gasteiger partial charge in [0.15, 0.2) is 0 Å². The smallest absolute Gasteiger partial charge is 0.243 e. The van der Waals surface area contributed by atoms with Gasteiger partial charge in [-0.2, -0.15) is 0 Å². The summed E-state index contributed by atoms with van der Waals surface area (Å²) in [5.41, 5.74) is 1.83. The van der Waals surface area contributed by atoms with Crippen molar-refractivity contribution in [2.75, 3.05) is 6.54 Å². The molecule has 0 aliphatic carbocycles. The number of hydrogen-bond acceptors (Lipinski definition) is 4. The predicted octanol–water partition coefficient (Wildman–Crippen LogP) is 5.54. The van der Waals surface area contributed by atoms with Crippen LogP contribution in [0, 0.1) is 24.5 Å². The van der Waals surface area contributed by atoms with E-state index in [0.717, 1.165) is 12.0 Å². The van der Waals surface area contributed by atoms with E-state index in [1.807, 2.05) is 27.7 Å². The van der Waals surface area contributed by atoms with Crippen molar-refractivity contribution < 1.29 is 22.9 Å². The highest BCUT2D eigenvalue weighted by Gasteiger charge is 2.40. The SMILES string of the molecule is Cc1cc(C(C(=O)N2CCCC2C(=O)NC(C)c2ccc(-c3c(F)cccc3F)cc2)C(C)C)on1. The average Bonchev–Trinajstić information content (AvgIpc) is 3.48. The molecule has 1 aliphatic rings. The number of aromatic nitrogens is 1. The van der Waals surface area contributed by atoms with Crippen molar-refractivity contribution in [1.29, 1.82) is 0 Å². The van der Waals surface area contributed by atoms with E-state index in [0.29, 0.717) is 30.0 Å². The molecule has 6 nitrogen and oxygen atoms in total. The van der Waals surface area contributed by atoms with Crippen LogP contribution in [0.3, 0.4) is 0 Å². The van der Waals surface area contributed by atoms with Crippen molar-refractivity contribution in [1.82, 2.24) is 15.4 Å². The molecule has 1 aliphatic heterocycles. The predicted molar refractivity (Wildman–Crippen MR) is 132 cm³/mol. The summed E-state index contributed by atoms with van der Waals surface area (Å²) >= 11 is 0. The largest absolute Gasteiger partial charge is 0.360 e. The lowest BCUT2D eigenvalue weighted by Crippen LogP contribution is -2.48. The highest BCUT2D eigenvalue weighted by atomic mass is 19.1. The van der Waals surface area contributed by atoms with Gasteiger partial charge in [0.25, 0.3) is 0 Å². The highest BCUT2D eigenvalue weighted by Crippen LogP contribution is 2.31. The molecule has 1 aromatic heterocycles. The third-order valence-corrected chi connectivity index (χ3v) is 6.74. The van der Waals surface area contributed by atoms with Crippen LogP contribution in [0.1, 0.15) is 62.6 Å². The van der Waals surface area contributed by atoms with E-state index in [1.54, 1.807) is 35.2 Å². The van der Waals surface area contributed by atoms with Gasteiger partial charge in [0.1, 0.15) is 29.4 Å². The number of hydrogen-bond donors (Lipinski definition) is 1. The molecule has 3 aromatic rings. The second-order valence-electron chi connectivity index (χ2n) is 9.73. The van der Waals surface area contributed by atoms with Gasteiger partial charge < -0.3 is 14.7 Å². The quantitative estimate of drug-likeness (QED) is 0.467. The number of carbonyl (C=O) groups excluding carboxylic acids is 2. The maximum absolute atomic E-state index is 14.1. The molecule has 1 saturated heterocycles. The first-order chi connectivity index (χ1) is 17.2. The molecule has 8 heteroatoms. The summed E-state index contributed by atoms with van der Waals surface area (Å²) in [4.78, 5) is 28.4. The van der Waals surface area contributed by atoms with Crippen LogP contribution in [0.15, 0.2) is 53.1 Å². The van der Waals surface area contributed by atoms with E-state index in [1.165, 1.54) is 18.2 Å². The number of nitrogens with zero attached hydrogens (tertiary/aromatic N) is 2. The van der Waals surface area contributed by atoms with Crippen molar-refractivity contribution >= 4 is 11.8 Å². The first-order valence-electron chi connectivity index (χ1n) is 12.3. The van der Waals surface area contributed by atoms with Crippen molar-refractivity contribution in [2.45, 2.75) is 58.5 Å². The minimum atomic E-state index is -0.629. The Balaban J connectivity index is 1.46. The van der Waals surface area contributed by atoms with Crippen LogP contribution in [-0.2, 0) is 9.59 Å². The van der Waals surface area contributed by atoms with Crippen LogP contribution < -0.4 is 5.32 Å². The van der Waals surface area contributed by atoms with Gasteiger partial charge in [0.05, 0.1) is 17.3 Å². The Kier molecular flexibility index (Phi) is 7.52. The lowest BCUT2D eigenvalue weighted by atomic mass is 9.91. The Bertz CT molecular complexity index is 1220. The van der Waals surface area contributed by atoms with Gasteiger partial charge in [-0.05, 0) is 55.9 Å². The fourth-order valence-electron chi connectivity index (χ4n) is 4.85. The summed E-state index contributed by atoms with van der Waals surface area (Å²) in [5, 5.41) is 6.92. The zero-order valence-corrected chi connectivity index (χ0v) is 20.9. The maximum Gasteiger partial charge on any atom is 0.243 e. The number of carbonyl (C=O) groups is 2. The summed E-state index contributed by atoms with van der Waals surface area (Å²) < 4.78 is 33.6. The molecule has 0 spiro atoms. The monoisotopic (exact) mass is 495 g/mol. The molecular weight excluding hydrogens is 464 g/mol. The van der Waals surface area contributed by atoms with Crippen molar-refractivity contribution in [3.63, 3.8) is 0 Å². The van der Waals surface area contributed by atoms with Crippen LogP contribution >= 0.6 is 0 Å². The number of benzene rings is 2. The van der Waals surface area contributed by atoms with Gasteiger partial charge in [-0.1, -0.05) is 49.3 Å². The van der Waals surface area contributed by atoms with Crippen LogP contribution in [0.4, 0.5) is 8.78 Å². The van der Waals surface area contributed by atoms with Gasteiger partial charge in [-0.15, -0.1) is 0 Å². The molecule has 2 heterocycles. The Morgan fingerprint density at radius 1 is 1.08 bits per heavy atom. The minimum absolute atomic E-state index is 0.0223. The summed E-state index contributed by atoms with van der Waals surface area (Å²) in [6, 6.07) is 11.4. The third-order valence-electron chi connectivity index (χ3n) is 6.74. The van der Waals surface area contributed by atoms with Crippen molar-refractivity contribution in [2.24, 2.45) is 5.92 Å². The maximum atomic E-state index is 14.1. The number of aryl methyl sites for hydroxylation is 1. The number of nitrogens with one attached hydrogen (secondary N) is 1. The van der Waals surface area contributed by atoms with Gasteiger partial charge in [-0.3, -0.25) is 9.59 Å². The Morgan fingerprint density at radius 2 is 1.75 bits per heavy atom. The van der Waals surface area contributed by atoms with E-state index in [-0.39, 0.29) is 29.3 Å². The molecule has 36 heavy (non-hydrogen) atoms. The second kappa shape index (κ2) is 10.6. The van der Waals surface area contributed by atoms with Gasteiger partial charge in [-0.25, -0.2) is 8.78 Å². The normalized spacial score (nSPS) is 17.3. The van der Waals surface area contributed by atoms with E-state index >= 15 is 0 Å². The van der Waals surface area contributed by atoms with E-state index < -0.39 is 23.6 Å². The lowest BCUT2D eigenvalue weighted by Gasteiger charge is -2.29. The van der Waals surface area contributed by atoms with Crippen LogP contribution in [0.2, 0.25) is 0 Å². The second-order valence-corrected chi connectivity index (χ2v) is 9.73. The molecule has 2 aromatic carbocycles. The molecule has 3 atom stereocenters. The van der Waals surface area contributed by atoms with Gasteiger partial charge >= 0.3 is 0 Å². The summed E-state index contributed by atoms with van der Waals surface area (Å²) in [6.07, 6.45) is 1.32. The minimum Gasteiger partial charge on any atom is -0.360 e. The molecule has 190 valence electrons. The molecule has 1 fully saturated rings. The summed E-state index contributed by atoms with van der Waals surface area (Å²) in [6.45, 7) is 8.05. The molecule has 2 amide bonds. The van der Waals surface area contributed by atoms with E-state index in [9.17, 15) is 18.4 Å². The summed E-state index contributed by atoms with van der Waals surface area (Å²) in [5.74, 6) is -1.64. The van der Waals surface area contributed by atoms with E-state index in [2.05, 4.69) is 10.5 Å². The Morgan fingerprint density at radius 3 is 2.33 bits per heavy atom. The number of rotatable bonds is 7. The highest BCUT2D eigenvalue weighted by molar-refractivity contribution is 5.91. The molecule has 4 rings (SSSR count). The first-order valence-corrected chi connectivity index (χ1v) is 12.3. The fourth-order valence-corrected chi connectivity index (χ4v) is 4.85. The number of halogens is 2. The third kappa shape index (κ3) is 5.17. The molecule has 0 radical (unpaired) electrons. The Labute approximate surface area is 209 Å². The zero-order chi connectivity index (χ0) is 26.0. The molecule has 1 N–H and O–H groups in total. The average molecular weight is 496 g/mol. The molecule has 3 unspecified atom stereocenters. The van der Waals surface area contributed by atoms with E-state index in [4.69, 9.17) is 4.52 Å². The lowest BCUT2D eigenvalue weighted by molar-refractivity contribution is -0.141.